The number of aromatic nitrogens is 1. The number of rotatable bonds is 0. The Morgan fingerprint density at radius 1 is 1.54 bits per heavy atom. The van der Waals surface area contributed by atoms with E-state index < -0.39 is 0 Å². The number of nitrogens with zero attached hydrogens (tertiary/aromatic N) is 2. The predicted octanol–water partition coefficient (Wildman–Crippen LogP) is 2.40. The third-order valence-electron chi connectivity index (χ3n) is 1.69. The fraction of sp³-hybridized carbons (Fsp3) is 0. The maximum Gasteiger partial charge on any atom is 0.114 e. The van der Waals surface area contributed by atoms with Crippen LogP contribution in [0.15, 0.2) is 12.1 Å². The molecule has 2 aromatic rings. The molecule has 2 rings (SSSR count). The molecule has 13 heavy (non-hydrogen) atoms. The van der Waals surface area contributed by atoms with Gasteiger partial charge in [-0.05, 0) is 23.7 Å². The lowest BCUT2D eigenvalue weighted by Gasteiger charge is -1.93. The van der Waals surface area contributed by atoms with E-state index in [4.69, 9.17) is 22.6 Å². The first kappa shape index (κ1) is 8.30. The van der Waals surface area contributed by atoms with E-state index in [9.17, 15) is 0 Å². The molecule has 1 heterocycles. The van der Waals surface area contributed by atoms with Crippen molar-refractivity contribution >= 4 is 39.0 Å². The van der Waals surface area contributed by atoms with Crippen molar-refractivity contribution in [1.29, 1.82) is 5.26 Å². The lowest BCUT2D eigenvalue weighted by molar-refractivity contribution is 1.49. The standard InChI is InChI=1S/C8H4ClN3S/c9-6-2-4(3-10)1-5-7(6)12-13-8(5)11/h1-2H,11H2. The smallest absolute Gasteiger partial charge is 0.114 e. The van der Waals surface area contributed by atoms with Gasteiger partial charge in [-0.25, -0.2) is 0 Å². The Kier molecular flexibility index (Phi) is 1.83. The van der Waals surface area contributed by atoms with Gasteiger partial charge in [-0.3, -0.25) is 0 Å². The summed E-state index contributed by atoms with van der Waals surface area (Å²) >= 11 is 7.08. The third kappa shape index (κ3) is 1.22. The van der Waals surface area contributed by atoms with Crippen LogP contribution in [0.4, 0.5) is 5.00 Å². The van der Waals surface area contributed by atoms with Crippen LogP contribution in [0.1, 0.15) is 5.56 Å². The first-order valence-corrected chi connectivity index (χ1v) is 4.62. The van der Waals surface area contributed by atoms with Gasteiger partial charge >= 0.3 is 0 Å². The lowest BCUT2D eigenvalue weighted by Crippen LogP contribution is -1.81. The quantitative estimate of drug-likeness (QED) is 0.725. The fourth-order valence-electron chi connectivity index (χ4n) is 1.09. The Hall–Kier alpha value is -1.31. The molecule has 1 aromatic heterocycles. The molecular formula is C8H4ClN3S. The first-order chi connectivity index (χ1) is 6.22. The molecule has 5 heteroatoms. The lowest BCUT2D eigenvalue weighted by atomic mass is 10.2. The van der Waals surface area contributed by atoms with E-state index in [1.54, 1.807) is 12.1 Å². The summed E-state index contributed by atoms with van der Waals surface area (Å²) in [5.41, 5.74) is 6.83. The van der Waals surface area contributed by atoms with Gasteiger partial charge < -0.3 is 5.73 Å². The molecule has 0 spiro atoms. The molecule has 64 valence electrons. The van der Waals surface area contributed by atoms with Crippen molar-refractivity contribution in [3.63, 3.8) is 0 Å². The number of nitrogens with two attached hydrogens (primary N) is 1. The Bertz CT molecular complexity index is 512. The second-order valence-corrected chi connectivity index (χ2v) is 3.73. The molecule has 0 amide bonds. The summed E-state index contributed by atoms with van der Waals surface area (Å²) in [7, 11) is 0. The maximum atomic E-state index is 8.68. The normalized spacial score (nSPS) is 10.2. The van der Waals surface area contributed by atoms with E-state index in [0.717, 1.165) is 5.39 Å². The molecule has 0 unspecified atom stereocenters. The molecule has 2 N–H and O–H groups in total. The zero-order valence-corrected chi connectivity index (χ0v) is 7.99. The van der Waals surface area contributed by atoms with Crippen molar-refractivity contribution in [3.8, 4) is 6.07 Å². The topological polar surface area (TPSA) is 62.7 Å². The van der Waals surface area contributed by atoms with E-state index in [2.05, 4.69) is 4.37 Å². The summed E-state index contributed by atoms with van der Waals surface area (Å²) in [5.74, 6) is 0. The van der Waals surface area contributed by atoms with E-state index in [1.165, 1.54) is 11.5 Å². The van der Waals surface area contributed by atoms with Gasteiger partial charge in [0.15, 0.2) is 0 Å². The fourth-order valence-corrected chi connectivity index (χ4v) is 2.04. The van der Waals surface area contributed by atoms with E-state index in [0.29, 0.717) is 21.1 Å². The second kappa shape index (κ2) is 2.87. The molecule has 0 bridgehead atoms. The second-order valence-electron chi connectivity index (χ2n) is 2.51. The van der Waals surface area contributed by atoms with Gasteiger partial charge in [-0.1, -0.05) is 11.6 Å². The predicted molar refractivity (Wildman–Crippen MR) is 53.8 cm³/mol. The Morgan fingerprint density at radius 3 is 3.00 bits per heavy atom. The highest BCUT2D eigenvalue weighted by Crippen LogP contribution is 2.31. The van der Waals surface area contributed by atoms with Gasteiger partial charge in [-0.15, -0.1) is 0 Å². The van der Waals surface area contributed by atoms with Crippen molar-refractivity contribution in [2.75, 3.05) is 5.73 Å². The zero-order valence-electron chi connectivity index (χ0n) is 6.41. The van der Waals surface area contributed by atoms with Crippen molar-refractivity contribution in [2.45, 2.75) is 0 Å². The summed E-state index contributed by atoms with van der Waals surface area (Å²) in [6.45, 7) is 0. The van der Waals surface area contributed by atoms with Crippen LogP contribution in [0.25, 0.3) is 10.9 Å². The third-order valence-corrected chi connectivity index (χ3v) is 2.67. The highest BCUT2D eigenvalue weighted by atomic mass is 35.5. The molecule has 3 nitrogen and oxygen atoms in total. The van der Waals surface area contributed by atoms with Gasteiger partial charge in [0.1, 0.15) is 10.5 Å². The largest absolute Gasteiger partial charge is 0.389 e. The maximum absolute atomic E-state index is 8.68. The number of hydrogen-bond donors (Lipinski definition) is 1. The van der Waals surface area contributed by atoms with Gasteiger partial charge in [0, 0.05) is 5.39 Å². The average molecular weight is 210 g/mol. The number of benzene rings is 1. The molecule has 0 aliphatic rings. The van der Waals surface area contributed by atoms with Crippen LogP contribution in [0, 0.1) is 11.3 Å². The van der Waals surface area contributed by atoms with Gasteiger partial charge in [0.05, 0.1) is 16.7 Å². The molecule has 0 fully saturated rings. The molecule has 0 aliphatic carbocycles. The highest BCUT2D eigenvalue weighted by molar-refractivity contribution is 7.11. The Morgan fingerprint density at radius 2 is 2.31 bits per heavy atom. The van der Waals surface area contributed by atoms with Crippen molar-refractivity contribution in [3.05, 3.63) is 22.7 Å². The molecule has 0 saturated heterocycles. The van der Waals surface area contributed by atoms with Crippen LogP contribution < -0.4 is 5.73 Å². The highest BCUT2D eigenvalue weighted by Gasteiger charge is 2.08. The van der Waals surface area contributed by atoms with Crippen LogP contribution in [0.5, 0.6) is 0 Å². The first-order valence-electron chi connectivity index (χ1n) is 3.47. The minimum atomic E-state index is 0.474. The zero-order chi connectivity index (χ0) is 9.42. The SMILES string of the molecule is N#Cc1cc(Cl)c2nsc(N)c2c1. The number of nitriles is 1. The molecule has 0 radical (unpaired) electrons. The van der Waals surface area contributed by atoms with E-state index >= 15 is 0 Å². The number of anilines is 1. The number of nitrogen functional groups attached to an aromatic ring is 1. The van der Waals surface area contributed by atoms with Crippen LogP contribution >= 0.6 is 23.1 Å². The monoisotopic (exact) mass is 209 g/mol. The number of halogens is 1. The van der Waals surface area contributed by atoms with Crippen molar-refractivity contribution in [2.24, 2.45) is 0 Å². The van der Waals surface area contributed by atoms with Crippen LogP contribution in [0.3, 0.4) is 0 Å². The van der Waals surface area contributed by atoms with Gasteiger partial charge in [0.25, 0.3) is 0 Å². The number of hydrogen-bond acceptors (Lipinski definition) is 4. The van der Waals surface area contributed by atoms with Crippen LogP contribution in [0.2, 0.25) is 5.02 Å². The van der Waals surface area contributed by atoms with E-state index in [1.807, 2.05) is 6.07 Å². The number of fused-ring (bicyclic) bond motifs is 1. The van der Waals surface area contributed by atoms with Crippen LogP contribution in [-0.4, -0.2) is 4.37 Å². The summed E-state index contributed by atoms with van der Waals surface area (Å²) < 4.78 is 4.07. The summed E-state index contributed by atoms with van der Waals surface area (Å²) in [6, 6.07) is 5.29. The average Bonchev–Trinajstić information content (AvgIpc) is 2.48. The summed E-state index contributed by atoms with van der Waals surface area (Å²) in [5, 5.41) is 10.5. The molecule has 0 atom stereocenters. The van der Waals surface area contributed by atoms with E-state index in [-0.39, 0.29) is 0 Å². The minimum Gasteiger partial charge on any atom is -0.389 e. The van der Waals surface area contributed by atoms with Gasteiger partial charge in [0.2, 0.25) is 0 Å². The molecule has 1 aromatic carbocycles. The van der Waals surface area contributed by atoms with Crippen molar-refractivity contribution in [1.82, 2.24) is 4.37 Å². The molecular weight excluding hydrogens is 206 g/mol. The molecule has 0 saturated carbocycles. The Balaban J connectivity index is 2.90. The summed E-state index contributed by atoms with van der Waals surface area (Å²) in [6.07, 6.45) is 0. The Labute approximate surface area is 83.5 Å². The minimum absolute atomic E-state index is 0.474. The summed E-state index contributed by atoms with van der Waals surface area (Å²) in [4.78, 5) is 0. The van der Waals surface area contributed by atoms with Crippen molar-refractivity contribution < 1.29 is 0 Å². The van der Waals surface area contributed by atoms with Crippen LogP contribution in [-0.2, 0) is 0 Å². The van der Waals surface area contributed by atoms with Gasteiger partial charge in [-0.2, -0.15) is 9.64 Å². The molecule has 0 aliphatic heterocycles.